The summed E-state index contributed by atoms with van der Waals surface area (Å²) in [5.41, 5.74) is 0. The molecule has 2 unspecified atom stereocenters. The van der Waals surface area contributed by atoms with E-state index in [0.717, 1.165) is 96.3 Å². The Balaban J connectivity index is 4.04. The predicted molar refractivity (Wildman–Crippen MR) is 371 cm³/mol. The molecule has 1 N–H and O–H groups in total. The molecule has 0 aromatic heterocycles. The third kappa shape index (κ3) is 69.0. The van der Waals surface area contributed by atoms with Crippen LogP contribution >= 0.6 is 7.82 Å². The average Bonchev–Trinajstić information content (AvgIpc) is 3.56. The van der Waals surface area contributed by atoms with Crippen LogP contribution in [0.2, 0.25) is 0 Å². The van der Waals surface area contributed by atoms with Crippen LogP contribution in [0.25, 0.3) is 0 Å². The van der Waals surface area contributed by atoms with Crippen LogP contribution in [0.3, 0.4) is 0 Å². The van der Waals surface area contributed by atoms with Crippen molar-refractivity contribution < 1.29 is 42.1 Å². The van der Waals surface area contributed by atoms with Crippen molar-refractivity contribution in [2.24, 2.45) is 0 Å². The number of hydrogen-bond acceptors (Lipinski definition) is 7. The van der Waals surface area contributed by atoms with Crippen molar-refractivity contribution >= 4 is 19.8 Å². The number of nitrogens with zero attached hydrogens (tertiary/aromatic N) is 1. The lowest BCUT2D eigenvalue weighted by Crippen LogP contribution is -2.37. The normalized spacial score (nSPS) is 14.1. The van der Waals surface area contributed by atoms with E-state index in [9.17, 15) is 19.0 Å². The Morgan fingerprint density at radius 2 is 0.640 bits per heavy atom. The number of phosphoric acid groups is 1. The predicted octanol–water partition coefficient (Wildman–Crippen LogP) is 22.6. The van der Waals surface area contributed by atoms with Crippen LogP contribution in [0.15, 0.2) is 146 Å². The number of quaternary nitrogens is 1. The fourth-order valence-electron chi connectivity index (χ4n) is 9.15. The molecule has 0 fully saturated rings. The van der Waals surface area contributed by atoms with Gasteiger partial charge in [-0.2, -0.15) is 0 Å². The minimum absolute atomic E-state index is 0.0150. The Morgan fingerprint density at radius 1 is 0.360 bits per heavy atom. The van der Waals surface area contributed by atoms with Gasteiger partial charge in [0.25, 0.3) is 0 Å². The fourth-order valence-corrected chi connectivity index (χ4v) is 9.89. The number of likely N-dealkylation sites (N-methyl/N-ethyl adjacent to an activating group) is 1. The zero-order valence-corrected chi connectivity index (χ0v) is 56.6. The van der Waals surface area contributed by atoms with E-state index >= 15 is 0 Å². The van der Waals surface area contributed by atoms with E-state index in [0.29, 0.717) is 23.9 Å². The minimum atomic E-state index is -4.41. The van der Waals surface area contributed by atoms with Gasteiger partial charge in [0.2, 0.25) is 0 Å². The molecule has 9 nitrogen and oxygen atoms in total. The van der Waals surface area contributed by atoms with Crippen molar-refractivity contribution in [3.63, 3.8) is 0 Å². The van der Waals surface area contributed by atoms with Crippen LogP contribution in [0, 0.1) is 0 Å². The van der Waals surface area contributed by atoms with Gasteiger partial charge in [-0.3, -0.25) is 18.6 Å². The molecule has 0 amide bonds. The highest BCUT2D eigenvalue weighted by atomic mass is 31.2. The molecule has 0 aliphatic carbocycles. The molecule has 10 heteroatoms. The molecule has 0 aliphatic heterocycles. The van der Waals surface area contributed by atoms with Crippen LogP contribution in [0.5, 0.6) is 0 Å². The van der Waals surface area contributed by atoms with Crippen molar-refractivity contribution in [1.82, 2.24) is 0 Å². The van der Waals surface area contributed by atoms with Gasteiger partial charge in [-0.05, 0) is 109 Å². The molecule has 0 rings (SSSR count). The zero-order chi connectivity index (χ0) is 62.6. The molecule has 2 atom stereocenters. The highest BCUT2D eigenvalue weighted by Gasteiger charge is 2.27. The van der Waals surface area contributed by atoms with Crippen LogP contribution in [-0.4, -0.2) is 74.9 Å². The van der Waals surface area contributed by atoms with E-state index in [4.69, 9.17) is 18.5 Å². The van der Waals surface area contributed by atoms with Gasteiger partial charge in [-0.25, -0.2) is 4.57 Å². The second kappa shape index (κ2) is 65.3. The van der Waals surface area contributed by atoms with Crippen LogP contribution in [0.1, 0.15) is 271 Å². The lowest BCUT2D eigenvalue weighted by Gasteiger charge is -2.24. The van der Waals surface area contributed by atoms with Gasteiger partial charge in [-0.1, -0.05) is 295 Å². The van der Waals surface area contributed by atoms with Crippen molar-refractivity contribution in [3.8, 4) is 0 Å². The highest BCUT2D eigenvalue weighted by molar-refractivity contribution is 7.47. The number of unbranched alkanes of at least 4 members (excludes halogenated alkanes) is 24. The summed E-state index contributed by atoms with van der Waals surface area (Å²) in [6.07, 6.45) is 96.9. The summed E-state index contributed by atoms with van der Waals surface area (Å²) in [6, 6.07) is 0. The number of rotatable bonds is 62. The SMILES string of the molecule is CC/C=C\C/C=C\C/C=C\C/C=C\C/C=C\C/C=C\C/C=C\CCCC(=O)OC(COC(=O)CCCCCCCCCCCCCCCCCCCCCCCCC/C=C\C/C=C\C/C=C\C/C=C\C/C=C\CC)COP(=O)(O)OCC[N+](C)(C)C. The molecule has 0 aromatic carbocycles. The molecular weight excluding hydrogens is 1090 g/mol. The Kier molecular flexibility index (Phi) is 62.2. The first-order chi connectivity index (χ1) is 42.0. The van der Waals surface area contributed by atoms with E-state index in [1.165, 1.54) is 135 Å². The van der Waals surface area contributed by atoms with E-state index in [-0.39, 0.29) is 32.0 Å². The Hall–Kier alpha value is -4.11. The smallest absolute Gasteiger partial charge is 0.462 e. The van der Waals surface area contributed by atoms with Crippen molar-refractivity contribution in [3.05, 3.63) is 146 Å². The van der Waals surface area contributed by atoms with Crippen LogP contribution in [-0.2, 0) is 32.7 Å². The molecule has 0 bridgehead atoms. The minimum Gasteiger partial charge on any atom is -0.462 e. The molecule has 0 aromatic rings. The summed E-state index contributed by atoms with van der Waals surface area (Å²) < 4.78 is 34.6. The monoisotopic (exact) mass is 1210 g/mol. The van der Waals surface area contributed by atoms with Gasteiger partial charge in [0.15, 0.2) is 6.10 Å². The molecule has 0 aliphatic rings. The van der Waals surface area contributed by atoms with Crippen molar-refractivity contribution in [2.45, 2.75) is 277 Å². The fraction of sp³-hybridized carbons (Fsp3) is 0.658. The van der Waals surface area contributed by atoms with Gasteiger partial charge in [0.05, 0.1) is 27.7 Å². The number of ether oxygens (including phenoxy) is 2. The molecule has 86 heavy (non-hydrogen) atoms. The Labute approximate surface area is 529 Å². The molecule has 0 radical (unpaired) electrons. The summed E-state index contributed by atoms with van der Waals surface area (Å²) in [5.74, 6) is -0.868. The van der Waals surface area contributed by atoms with Crippen LogP contribution < -0.4 is 0 Å². The molecule has 0 saturated carbocycles. The Bertz CT molecular complexity index is 1960. The largest absolute Gasteiger partial charge is 0.472 e. The highest BCUT2D eigenvalue weighted by Crippen LogP contribution is 2.43. The summed E-state index contributed by atoms with van der Waals surface area (Å²) in [5, 5.41) is 0. The van der Waals surface area contributed by atoms with Gasteiger partial charge in [0.1, 0.15) is 19.8 Å². The van der Waals surface area contributed by atoms with Gasteiger partial charge < -0.3 is 18.9 Å². The van der Waals surface area contributed by atoms with Crippen molar-refractivity contribution in [2.75, 3.05) is 47.5 Å². The van der Waals surface area contributed by atoms with E-state index in [1.807, 2.05) is 21.1 Å². The van der Waals surface area contributed by atoms with Gasteiger partial charge in [0, 0.05) is 12.8 Å². The van der Waals surface area contributed by atoms with E-state index in [1.54, 1.807) is 0 Å². The molecular formula is C76H129NO8P+. The zero-order valence-electron chi connectivity index (χ0n) is 55.7. The first kappa shape index (κ1) is 81.9. The van der Waals surface area contributed by atoms with Crippen molar-refractivity contribution in [1.29, 1.82) is 0 Å². The second-order valence-electron chi connectivity index (χ2n) is 23.8. The topological polar surface area (TPSA) is 108 Å². The number of carbonyl (C=O) groups excluding carboxylic acids is 2. The summed E-state index contributed by atoms with van der Waals surface area (Å²) in [4.78, 5) is 35.8. The lowest BCUT2D eigenvalue weighted by molar-refractivity contribution is -0.870. The molecule has 0 saturated heterocycles. The molecule has 0 spiro atoms. The number of phosphoric ester groups is 1. The average molecular weight is 1220 g/mol. The lowest BCUT2D eigenvalue weighted by atomic mass is 10.0. The molecule has 490 valence electrons. The first-order valence-corrected chi connectivity index (χ1v) is 36.1. The summed E-state index contributed by atoms with van der Waals surface area (Å²) >= 11 is 0. The number of hydrogen-bond donors (Lipinski definition) is 1. The van der Waals surface area contributed by atoms with Crippen LogP contribution in [0.4, 0.5) is 0 Å². The van der Waals surface area contributed by atoms with Gasteiger partial charge >= 0.3 is 19.8 Å². The quantitative estimate of drug-likeness (QED) is 0.0211. The number of allylic oxidation sites excluding steroid dienone is 24. The third-order valence-corrected chi connectivity index (χ3v) is 15.3. The maximum absolute atomic E-state index is 12.8. The van der Waals surface area contributed by atoms with Gasteiger partial charge in [-0.15, -0.1) is 0 Å². The maximum atomic E-state index is 12.8. The number of carbonyl (C=O) groups is 2. The standard InChI is InChI=1S/C76H128NO8P/c1-6-8-10-12-14-16-18-20-22-24-26-28-30-31-32-33-34-35-36-37-38-39-40-41-42-43-44-45-47-48-50-52-54-56-58-60-62-64-66-68-75(78)82-72-74(73-84-86(80,81)83-71-70-77(3,4)5)85-76(79)69-67-65-63-61-59-57-55-53-51-49-46-29-27-25-23-21-19-17-15-13-11-9-7-2/h8-11,14-17,20-23,26-29,31-32,49,51,55,57,61,63,74H,6-7,12-13,18-19,24-25,30,33-48,50,52-54,56,58-60,62,64-73H2,1-5H3/p+1/b10-8-,11-9-,16-14-,17-15-,22-20-,23-21-,28-26-,29-27-,32-31-,51-49-,57-55-,63-61-. The summed E-state index contributed by atoms with van der Waals surface area (Å²) in [6.45, 7) is 4.14. The van der Waals surface area contributed by atoms with E-state index < -0.39 is 26.5 Å². The van der Waals surface area contributed by atoms with E-state index in [2.05, 4.69) is 160 Å². The maximum Gasteiger partial charge on any atom is 0.472 e. The Morgan fingerprint density at radius 3 is 0.965 bits per heavy atom. The molecule has 0 heterocycles. The summed E-state index contributed by atoms with van der Waals surface area (Å²) in [7, 11) is 1.43. The second-order valence-corrected chi connectivity index (χ2v) is 25.3. The number of esters is 2. The first-order valence-electron chi connectivity index (χ1n) is 34.6. The third-order valence-electron chi connectivity index (χ3n) is 14.4.